The second-order valence-corrected chi connectivity index (χ2v) is 5.11. The summed E-state index contributed by atoms with van der Waals surface area (Å²) in [6.45, 7) is 6.62. The molecule has 0 saturated heterocycles. The van der Waals surface area contributed by atoms with E-state index in [4.69, 9.17) is 4.74 Å². The van der Waals surface area contributed by atoms with Crippen LogP contribution in [0.15, 0.2) is 24.3 Å². The summed E-state index contributed by atoms with van der Waals surface area (Å²) in [5.74, 6) is 0.899. The molecular weight excluding hydrogens is 252 g/mol. The lowest BCUT2D eigenvalue weighted by atomic mass is 10.2. The summed E-state index contributed by atoms with van der Waals surface area (Å²) >= 11 is 0. The van der Waals surface area contributed by atoms with Gasteiger partial charge in [0, 0.05) is 0 Å². The van der Waals surface area contributed by atoms with Gasteiger partial charge < -0.3 is 10.1 Å². The van der Waals surface area contributed by atoms with Crippen LogP contribution in [0.5, 0.6) is 5.75 Å². The van der Waals surface area contributed by atoms with E-state index in [2.05, 4.69) is 12.2 Å². The normalized spacial score (nSPS) is 10.6. The number of likely N-dealkylation sites (N-methyl/N-ethyl adjacent to an activating group) is 1. The van der Waals surface area contributed by atoms with Crippen molar-refractivity contribution in [2.45, 2.75) is 26.7 Å². The first-order valence-electron chi connectivity index (χ1n) is 7.26. The lowest BCUT2D eigenvalue weighted by Crippen LogP contribution is -2.37. The largest absolute Gasteiger partial charge is 0.492 e. The van der Waals surface area contributed by atoms with E-state index in [1.165, 1.54) is 5.56 Å². The fraction of sp³-hybridized carbons (Fsp3) is 0.562. The molecule has 20 heavy (non-hydrogen) atoms. The maximum Gasteiger partial charge on any atom is 0.234 e. The summed E-state index contributed by atoms with van der Waals surface area (Å²) in [6, 6.07) is 7.90. The van der Waals surface area contributed by atoms with Crippen molar-refractivity contribution in [3.8, 4) is 5.75 Å². The molecule has 0 aliphatic rings. The minimum atomic E-state index is 0.0523. The van der Waals surface area contributed by atoms with Crippen molar-refractivity contribution in [2.24, 2.45) is 0 Å². The van der Waals surface area contributed by atoms with Gasteiger partial charge in [0.1, 0.15) is 12.4 Å². The predicted molar refractivity (Wildman–Crippen MR) is 82.1 cm³/mol. The van der Waals surface area contributed by atoms with Crippen molar-refractivity contribution in [1.82, 2.24) is 10.2 Å². The van der Waals surface area contributed by atoms with E-state index in [-0.39, 0.29) is 5.91 Å². The summed E-state index contributed by atoms with van der Waals surface area (Å²) in [5, 5.41) is 2.87. The third-order valence-electron chi connectivity index (χ3n) is 2.99. The maximum atomic E-state index is 11.7. The Morgan fingerprint density at radius 2 is 2.20 bits per heavy atom. The van der Waals surface area contributed by atoms with Gasteiger partial charge in [0.15, 0.2) is 0 Å². The van der Waals surface area contributed by atoms with Gasteiger partial charge in [0.2, 0.25) is 5.91 Å². The highest BCUT2D eigenvalue weighted by Crippen LogP contribution is 2.11. The van der Waals surface area contributed by atoms with Crippen molar-refractivity contribution in [1.29, 1.82) is 0 Å². The van der Waals surface area contributed by atoms with Gasteiger partial charge in [-0.3, -0.25) is 9.69 Å². The molecule has 1 aromatic carbocycles. The van der Waals surface area contributed by atoms with Gasteiger partial charge in [-0.2, -0.15) is 0 Å². The van der Waals surface area contributed by atoms with E-state index in [0.29, 0.717) is 19.7 Å². The van der Waals surface area contributed by atoms with Crippen LogP contribution < -0.4 is 10.1 Å². The molecule has 0 spiro atoms. The van der Waals surface area contributed by atoms with Gasteiger partial charge in [-0.15, -0.1) is 0 Å². The average molecular weight is 278 g/mol. The molecule has 0 heterocycles. The van der Waals surface area contributed by atoms with Crippen LogP contribution in [0.25, 0.3) is 0 Å². The van der Waals surface area contributed by atoms with E-state index in [0.717, 1.165) is 25.1 Å². The minimum Gasteiger partial charge on any atom is -0.492 e. The zero-order valence-corrected chi connectivity index (χ0v) is 12.8. The molecule has 0 aliphatic carbocycles. The first-order chi connectivity index (χ1) is 9.61. The number of nitrogens with one attached hydrogen (secondary N) is 1. The summed E-state index contributed by atoms with van der Waals surface area (Å²) in [6.07, 6.45) is 2.27. The van der Waals surface area contributed by atoms with Gasteiger partial charge in [-0.25, -0.2) is 0 Å². The van der Waals surface area contributed by atoms with Crippen molar-refractivity contribution in [3.05, 3.63) is 29.8 Å². The second kappa shape index (κ2) is 9.37. The highest BCUT2D eigenvalue weighted by atomic mass is 16.5. The number of rotatable bonds is 9. The molecule has 0 atom stereocenters. The molecule has 0 aliphatic heterocycles. The third kappa shape index (κ3) is 7.14. The first-order valence-corrected chi connectivity index (χ1v) is 7.26. The molecule has 1 rings (SSSR count). The number of carbonyl (C=O) groups excluding carboxylic acids is 1. The van der Waals surface area contributed by atoms with E-state index >= 15 is 0 Å². The SMILES string of the molecule is CCCCN(C)CC(=O)NCCOc1cccc(C)c1. The molecule has 0 unspecified atom stereocenters. The molecule has 0 aromatic heterocycles. The number of nitrogens with zero attached hydrogens (tertiary/aromatic N) is 1. The van der Waals surface area contributed by atoms with Crippen LogP contribution in [0, 0.1) is 6.92 Å². The minimum absolute atomic E-state index is 0.0523. The first kappa shape index (κ1) is 16.5. The van der Waals surface area contributed by atoms with Crippen LogP contribution in [0.4, 0.5) is 0 Å². The van der Waals surface area contributed by atoms with E-state index in [1.54, 1.807) is 0 Å². The molecule has 1 aromatic rings. The van der Waals surface area contributed by atoms with Crippen LogP contribution in [-0.2, 0) is 4.79 Å². The number of aryl methyl sites for hydroxylation is 1. The summed E-state index contributed by atoms with van der Waals surface area (Å²) in [4.78, 5) is 13.7. The Hall–Kier alpha value is -1.55. The molecule has 1 N–H and O–H groups in total. The summed E-state index contributed by atoms with van der Waals surface area (Å²) in [5.41, 5.74) is 1.17. The standard InChI is InChI=1S/C16H26N2O2/c1-4-5-10-18(3)13-16(19)17-9-11-20-15-8-6-7-14(2)12-15/h6-8,12H,4-5,9-11,13H2,1-3H3,(H,17,19). The van der Waals surface area contributed by atoms with Gasteiger partial charge in [0.05, 0.1) is 13.1 Å². The smallest absolute Gasteiger partial charge is 0.234 e. The fourth-order valence-electron chi connectivity index (χ4n) is 1.87. The molecule has 0 radical (unpaired) electrons. The van der Waals surface area contributed by atoms with Crippen LogP contribution in [0.1, 0.15) is 25.3 Å². The van der Waals surface area contributed by atoms with Crippen molar-refractivity contribution >= 4 is 5.91 Å². The Labute approximate surface area is 122 Å². The van der Waals surface area contributed by atoms with Crippen LogP contribution in [0.3, 0.4) is 0 Å². The molecule has 0 saturated carbocycles. The highest BCUT2D eigenvalue weighted by Gasteiger charge is 2.05. The van der Waals surface area contributed by atoms with Crippen LogP contribution >= 0.6 is 0 Å². The van der Waals surface area contributed by atoms with Crippen molar-refractivity contribution in [3.63, 3.8) is 0 Å². The van der Waals surface area contributed by atoms with Gasteiger partial charge >= 0.3 is 0 Å². The zero-order valence-electron chi connectivity index (χ0n) is 12.8. The molecule has 0 bridgehead atoms. The molecule has 4 nitrogen and oxygen atoms in total. The number of amides is 1. The number of carbonyl (C=O) groups is 1. The van der Waals surface area contributed by atoms with E-state index in [9.17, 15) is 4.79 Å². The van der Waals surface area contributed by atoms with E-state index < -0.39 is 0 Å². The Morgan fingerprint density at radius 3 is 2.90 bits per heavy atom. The third-order valence-corrected chi connectivity index (χ3v) is 2.99. The number of ether oxygens (including phenoxy) is 1. The zero-order chi connectivity index (χ0) is 14.8. The molecule has 1 amide bonds. The van der Waals surface area contributed by atoms with Crippen molar-refractivity contribution < 1.29 is 9.53 Å². The number of benzene rings is 1. The van der Waals surface area contributed by atoms with Crippen molar-refractivity contribution in [2.75, 3.05) is 33.3 Å². The number of unbranched alkanes of at least 4 members (excludes halogenated alkanes) is 1. The highest BCUT2D eigenvalue weighted by molar-refractivity contribution is 5.77. The quantitative estimate of drug-likeness (QED) is 0.704. The lowest BCUT2D eigenvalue weighted by molar-refractivity contribution is -0.122. The summed E-state index contributed by atoms with van der Waals surface area (Å²) in [7, 11) is 1.97. The Morgan fingerprint density at radius 1 is 1.40 bits per heavy atom. The Bertz CT molecular complexity index is 407. The topological polar surface area (TPSA) is 41.6 Å². The average Bonchev–Trinajstić information content (AvgIpc) is 2.41. The molecular formula is C16H26N2O2. The molecule has 0 fully saturated rings. The molecule has 112 valence electrons. The Kier molecular flexibility index (Phi) is 7.73. The number of hydrogen-bond acceptors (Lipinski definition) is 3. The van der Waals surface area contributed by atoms with Gasteiger partial charge in [-0.1, -0.05) is 25.5 Å². The maximum absolute atomic E-state index is 11.7. The van der Waals surface area contributed by atoms with Gasteiger partial charge in [-0.05, 0) is 44.6 Å². The second-order valence-electron chi connectivity index (χ2n) is 5.11. The fourth-order valence-corrected chi connectivity index (χ4v) is 1.87. The summed E-state index contributed by atoms with van der Waals surface area (Å²) < 4.78 is 5.58. The van der Waals surface area contributed by atoms with E-state index in [1.807, 2.05) is 43.1 Å². The molecule has 4 heteroatoms. The van der Waals surface area contributed by atoms with Crippen LogP contribution in [0.2, 0.25) is 0 Å². The monoisotopic (exact) mass is 278 g/mol. The number of hydrogen-bond donors (Lipinski definition) is 1. The lowest BCUT2D eigenvalue weighted by Gasteiger charge is -2.15. The predicted octanol–water partition coefficient (Wildman–Crippen LogP) is 2.22. The Balaban J connectivity index is 2.13. The van der Waals surface area contributed by atoms with Gasteiger partial charge in [0.25, 0.3) is 0 Å². The van der Waals surface area contributed by atoms with Crippen LogP contribution in [-0.4, -0.2) is 44.1 Å².